The van der Waals surface area contributed by atoms with E-state index in [0.29, 0.717) is 12.0 Å². The molecule has 1 aliphatic heterocycles. The Balaban J connectivity index is 1.87. The van der Waals surface area contributed by atoms with Crippen molar-refractivity contribution in [1.82, 2.24) is 15.2 Å². The fraction of sp³-hybridized carbons (Fsp3) is 0.706. The monoisotopic (exact) mass is 291 g/mol. The van der Waals surface area contributed by atoms with Crippen LogP contribution >= 0.6 is 0 Å². The molecule has 21 heavy (non-hydrogen) atoms. The van der Waals surface area contributed by atoms with Gasteiger partial charge in [-0.05, 0) is 45.0 Å². The first kappa shape index (κ1) is 16.2. The zero-order chi connectivity index (χ0) is 15.1. The summed E-state index contributed by atoms with van der Waals surface area (Å²) < 4.78 is 6.06. The van der Waals surface area contributed by atoms with E-state index in [-0.39, 0.29) is 0 Å². The molecule has 1 fully saturated rings. The molecule has 0 bridgehead atoms. The number of ether oxygens (including phenoxy) is 1. The average Bonchev–Trinajstić information content (AvgIpc) is 2.47. The molecule has 1 aromatic rings. The lowest BCUT2D eigenvalue weighted by Crippen LogP contribution is -2.40. The quantitative estimate of drug-likeness (QED) is 0.838. The molecular weight excluding hydrogens is 262 g/mol. The second-order valence-electron chi connectivity index (χ2n) is 6.45. The van der Waals surface area contributed by atoms with Crippen LogP contribution in [0.2, 0.25) is 0 Å². The fourth-order valence-corrected chi connectivity index (χ4v) is 2.72. The van der Waals surface area contributed by atoms with Crippen molar-refractivity contribution < 1.29 is 4.74 Å². The third-order valence-electron chi connectivity index (χ3n) is 4.09. The van der Waals surface area contributed by atoms with Crippen LogP contribution in [0.25, 0.3) is 0 Å². The van der Waals surface area contributed by atoms with Crippen molar-refractivity contribution in [2.75, 3.05) is 26.7 Å². The van der Waals surface area contributed by atoms with Crippen LogP contribution in [-0.2, 0) is 6.54 Å². The fourth-order valence-electron chi connectivity index (χ4n) is 2.72. The Kier molecular flexibility index (Phi) is 6.46. The van der Waals surface area contributed by atoms with Crippen molar-refractivity contribution in [2.24, 2.45) is 5.92 Å². The van der Waals surface area contributed by atoms with Gasteiger partial charge in [-0.1, -0.05) is 20.3 Å². The molecule has 118 valence electrons. The standard InChI is InChI=1S/C17H29N3O/c1-14(2)10-19-11-15-7-8-18-12-17(15)21-13-16-6-4-5-9-20(16)3/h7-8,12,14,16,19H,4-6,9-11,13H2,1-3H3. The summed E-state index contributed by atoms with van der Waals surface area (Å²) in [5, 5.41) is 3.47. The molecule has 1 aliphatic rings. The summed E-state index contributed by atoms with van der Waals surface area (Å²) in [7, 11) is 2.20. The Morgan fingerprint density at radius 3 is 3.05 bits per heavy atom. The second kappa shape index (κ2) is 8.35. The van der Waals surface area contributed by atoms with Crippen LogP contribution in [0.1, 0.15) is 38.7 Å². The molecule has 1 atom stereocenters. The maximum Gasteiger partial charge on any atom is 0.142 e. The van der Waals surface area contributed by atoms with Gasteiger partial charge in [0.05, 0.1) is 6.20 Å². The maximum atomic E-state index is 6.06. The number of rotatable bonds is 7. The summed E-state index contributed by atoms with van der Waals surface area (Å²) in [5.41, 5.74) is 1.20. The third-order valence-corrected chi connectivity index (χ3v) is 4.09. The number of aromatic nitrogens is 1. The van der Waals surface area contributed by atoms with Crippen molar-refractivity contribution in [2.45, 2.75) is 45.7 Å². The van der Waals surface area contributed by atoms with E-state index in [1.165, 1.54) is 31.4 Å². The molecule has 1 aromatic heterocycles. The minimum atomic E-state index is 0.537. The van der Waals surface area contributed by atoms with Gasteiger partial charge in [0, 0.05) is 24.3 Å². The number of nitrogens with zero attached hydrogens (tertiary/aromatic N) is 2. The summed E-state index contributed by atoms with van der Waals surface area (Å²) >= 11 is 0. The van der Waals surface area contributed by atoms with Gasteiger partial charge in [-0.3, -0.25) is 4.98 Å². The van der Waals surface area contributed by atoms with Gasteiger partial charge < -0.3 is 15.0 Å². The van der Waals surface area contributed by atoms with Crippen molar-refractivity contribution in [3.63, 3.8) is 0 Å². The number of likely N-dealkylation sites (N-methyl/N-ethyl adjacent to an activating group) is 1. The van der Waals surface area contributed by atoms with Crippen LogP contribution in [0.4, 0.5) is 0 Å². The van der Waals surface area contributed by atoms with Crippen LogP contribution in [0.3, 0.4) is 0 Å². The summed E-state index contributed by atoms with van der Waals surface area (Å²) in [6.07, 6.45) is 7.54. The lowest BCUT2D eigenvalue weighted by molar-refractivity contribution is 0.124. The first-order valence-electron chi connectivity index (χ1n) is 8.13. The number of likely N-dealkylation sites (tertiary alicyclic amines) is 1. The molecule has 0 radical (unpaired) electrons. The van der Waals surface area contributed by atoms with Crippen molar-refractivity contribution >= 4 is 0 Å². The van der Waals surface area contributed by atoms with Gasteiger partial charge in [0.1, 0.15) is 12.4 Å². The molecule has 4 heteroatoms. The van der Waals surface area contributed by atoms with Gasteiger partial charge in [-0.15, -0.1) is 0 Å². The van der Waals surface area contributed by atoms with E-state index in [0.717, 1.165) is 25.4 Å². The molecule has 1 saturated heterocycles. The average molecular weight is 291 g/mol. The lowest BCUT2D eigenvalue weighted by atomic mass is 10.0. The zero-order valence-corrected chi connectivity index (χ0v) is 13.6. The maximum absolute atomic E-state index is 6.06. The van der Waals surface area contributed by atoms with E-state index >= 15 is 0 Å². The first-order chi connectivity index (χ1) is 10.2. The normalized spacial score (nSPS) is 19.9. The third kappa shape index (κ3) is 5.29. The second-order valence-corrected chi connectivity index (χ2v) is 6.45. The van der Waals surface area contributed by atoms with Gasteiger partial charge in [-0.25, -0.2) is 0 Å². The van der Waals surface area contributed by atoms with Crippen LogP contribution in [0, 0.1) is 5.92 Å². The molecule has 0 aliphatic carbocycles. The Bertz CT molecular complexity index is 422. The van der Waals surface area contributed by atoms with Crippen LogP contribution in [0.15, 0.2) is 18.5 Å². The number of nitrogens with one attached hydrogen (secondary N) is 1. The smallest absolute Gasteiger partial charge is 0.142 e. The highest BCUT2D eigenvalue weighted by Gasteiger charge is 2.19. The summed E-state index contributed by atoms with van der Waals surface area (Å²) in [6.45, 7) is 8.25. The molecule has 0 saturated carbocycles. The van der Waals surface area contributed by atoms with Gasteiger partial charge in [0.15, 0.2) is 0 Å². The lowest BCUT2D eigenvalue weighted by Gasteiger charge is -2.32. The molecule has 2 heterocycles. The first-order valence-corrected chi connectivity index (χ1v) is 8.13. The molecule has 0 aromatic carbocycles. The highest BCUT2D eigenvalue weighted by Crippen LogP contribution is 2.20. The number of hydrogen-bond donors (Lipinski definition) is 1. The van der Waals surface area contributed by atoms with Crippen molar-refractivity contribution in [1.29, 1.82) is 0 Å². The summed E-state index contributed by atoms with van der Waals surface area (Å²) in [6, 6.07) is 2.59. The van der Waals surface area contributed by atoms with Crippen LogP contribution in [0.5, 0.6) is 5.75 Å². The van der Waals surface area contributed by atoms with Crippen molar-refractivity contribution in [3.8, 4) is 5.75 Å². The Morgan fingerprint density at radius 2 is 2.29 bits per heavy atom. The van der Waals surface area contributed by atoms with Gasteiger partial charge in [0.25, 0.3) is 0 Å². The SMILES string of the molecule is CC(C)CNCc1ccncc1OCC1CCCCN1C. The predicted molar refractivity (Wildman–Crippen MR) is 86.5 cm³/mol. The number of pyridine rings is 1. The zero-order valence-electron chi connectivity index (χ0n) is 13.6. The molecular formula is C17H29N3O. The predicted octanol–water partition coefficient (Wildman–Crippen LogP) is 2.69. The van der Waals surface area contributed by atoms with Gasteiger partial charge in [0.2, 0.25) is 0 Å². The van der Waals surface area contributed by atoms with E-state index in [2.05, 4.69) is 36.1 Å². The minimum Gasteiger partial charge on any atom is -0.490 e. The topological polar surface area (TPSA) is 37.4 Å². The van der Waals surface area contributed by atoms with E-state index in [9.17, 15) is 0 Å². The van der Waals surface area contributed by atoms with E-state index in [4.69, 9.17) is 4.74 Å². The van der Waals surface area contributed by atoms with Gasteiger partial charge >= 0.3 is 0 Å². The molecule has 2 rings (SSSR count). The summed E-state index contributed by atoms with van der Waals surface area (Å²) in [4.78, 5) is 6.62. The summed E-state index contributed by atoms with van der Waals surface area (Å²) in [5.74, 6) is 1.58. The molecule has 1 N–H and O–H groups in total. The largest absolute Gasteiger partial charge is 0.490 e. The van der Waals surface area contributed by atoms with Crippen LogP contribution < -0.4 is 10.1 Å². The van der Waals surface area contributed by atoms with E-state index < -0.39 is 0 Å². The molecule has 0 amide bonds. The highest BCUT2D eigenvalue weighted by molar-refractivity contribution is 5.29. The van der Waals surface area contributed by atoms with Crippen molar-refractivity contribution in [3.05, 3.63) is 24.0 Å². The number of hydrogen-bond acceptors (Lipinski definition) is 4. The Morgan fingerprint density at radius 1 is 1.43 bits per heavy atom. The van der Waals surface area contributed by atoms with Crippen LogP contribution in [-0.4, -0.2) is 42.7 Å². The molecule has 1 unspecified atom stereocenters. The van der Waals surface area contributed by atoms with E-state index in [1.807, 2.05) is 18.5 Å². The highest BCUT2D eigenvalue weighted by atomic mass is 16.5. The molecule has 4 nitrogen and oxygen atoms in total. The van der Waals surface area contributed by atoms with E-state index in [1.54, 1.807) is 0 Å². The Hall–Kier alpha value is -1.13. The number of piperidine rings is 1. The molecule has 0 spiro atoms. The minimum absolute atomic E-state index is 0.537. The van der Waals surface area contributed by atoms with Gasteiger partial charge in [-0.2, -0.15) is 0 Å². The Labute approximate surface area is 128 Å².